The van der Waals surface area contributed by atoms with E-state index in [2.05, 4.69) is 20.2 Å². The third-order valence-electron chi connectivity index (χ3n) is 7.72. The highest BCUT2D eigenvalue weighted by Crippen LogP contribution is 2.35. The summed E-state index contributed by atoms with van der Waals surface area (Å²) in [6.45, 7) is 0.499. The zero-order valence-corrected chi connectivity index (χ0v) is 21.3. The molecule has 1 aromatic carbocycles. The number of hydrogen-bond acceptors (Lipinski definition) is 7. The lowest BCUT2D eigenvalue weighted by Gasteiger charge is -2.33. The second kappa shape index (κ2) is 10.5. The molecule has 0 amide bonds. The van der Waals surface area contributed by atoms with Gasteiger partial charge in [-0.3, -0.25) is 4.68 Å². The van der Waals surface area contributed by atoms with Crippen molar-refractivity contribution >= 4 is 11.8 Å². The van der Waals surface area contributed by atoms with Crippen molar-refractivity contribution in [2.45, 2.75) is 63.5 Å². The number of hydrogen-bond donors (Lipinski definition) is 1. The molecule has 1 aliphatic carbocycles. The van der Waals surface area contributed by atoms with Crippen molar-refractivity contribution in [1.82, 2.24) is 24.9 Å². The van der Waals surface area contributed by atoms with Gasteiger partial charge in [-0.05, 0) is 55.7 Å². The zero-order chi connectivity index (χ0) is 26.9. The molecule has 4 heterocycles. The molecular formula is C28H28F2N6O3. The van der Waals surface area contributed by atoms with Crippen molar-refractivity contribution in [3.8, 4) is 22.9 Å². The minimum Gasteiger partial charge on any atom is -0.480 e. The molecule has 4 aromatic rings. The van der Waals surface area contributed by atoms with Gasteiger partial charge in [-0.15, -0.1) is 0 Å². The van der Waals surface area contributed by atoms with Gasteiger partial charge in [0.25, 0.3) is 0 Å². The highest BCUT2D eigenvalue weighted by Gasteiger charge is 2.32. The molecule has 1 aliphatic heterocycles. The fraction of sp³-hybridized carbons (Fsp3) is 0.393. The molecule has 1 N–H and O–H groups in total. The van der Waals surface area contributed by atoms with Crippen molar-refractivity contribution in [2.75, 3.05) is 11.4 Å². The first-order chi connectivity index (χ1) is 19.0. The van der Waals surface area contributed by atoms with Gasteiger partial charge in [0.15, 0.2) is 17.5 Å². The minimum absolute atomic E-state index is 0.0711. The molecule has 39 heavy (non-hydrogen) atoms. The summed E-state index contributed by atoms with van der Waals surface area (Å²) in [6, 6.07) is 7.89. The Morgan fingerprint density at radius 1 is 1.03 bits per heavy atom. The summed E-state index contributed by atoms with van der Waals surface area (Å²) >= 11 is 0. The van der Waals surface area contributed by atoms with Crippen molar-refractivity contribution in [3.05, 3.63) is 65.6 Å². The number of piperidine rings is 1. The normalized spacial score (nSPS) is 18.1. The summed E-state index contributed by atoms with van der Waals surface area (Å²) < 4.78 is 36.7. The topological polar surface area (TPSA) is 110 Å². The van der Waals surface area contributed by atoms with Gasteiger partial charge in [-0.1, -0.05) is 30.1 Å². The molecule has 0 radical (unpaired) electrons. The van der Waals surface area contributed by atoms with Crippen molar-refractivity contribution in [1.29, 1.82) is 0 Å². The number of aromatic nitrogens is 5. The molecule has 11 heteroatoms. The van der Waals surface area contributed by atoms with E-state index in [1.807, 2.05) is 6.07 Å². The van der Waals surface area contributed by atoms with Crippen LogP contribution in [0.5, 0.6) is 0 Å². The highest BCUT2D eigenvalue weighted by molar-refractivity contribution is 5.78. The van der Waals surface area contributed by atoms with Crippen LogP contribution in [0.1, 0.15) is 62.0 Å². The molecule has 0 unspecified atom stereocenters. The summed E-state index contributed by atoms with van der Waals surface area (Å²) in [4.78, 5) is 21.8. The van der Waals surface area contributed by atoms with Crippen LogP contribution >= 0.6 is 0 Å². The molecular weight excluding hydrogens is 506 g/mol. The third-order valence-corrected chi connectivity index (χ3v) is 7.72. The first-order valence-electron chi connectivity index (χ1n) is 13.3. The number of aliphatic carboxylic acids is 1. The van der Waals surface area contributed by atoms with Gasteiger partial charge in [-0.25, -0.2) is 23.5 Å². The Morgan fingerprint density at radius 2 is 1.85 bits per heavy atom. The van der Waals surface area contributed by atoms with Gasteiger partial charge >= 0.3 is 5.97 Å². The van der Waals surface area contributed by atoms with Crippen LogP contribution in [0, 0.1) is 11.6 Å². The minimum atomic E-state index is -1.02. The molecule has 1 atom stereocenters. The Hall–Kier alpha value is -4.15. The molecule has 6 rings (SSSR count). The van der Waals surface area contributed by atoms with Crippen LogP contribution in [0.3, 0.4) is 0 Å². The summed E-state index contributed by atoms with van der Waals surface area (Å²) in [5, 5.41) is 18.3. The van der Waals surface area contributed by atoms with Crippen LogP contribution in [-0.2, 0) is 11.3 Å². The number of rotatable bonds is 7. The van der Waals surface area contributed by atoms with Crippen LogP contribution in [-0.4, -0.2) is 48.6 Å². The van der Waals surface area contributed by atoms with Gasteiger partial charge in [0.1, 0.15) is 29.5 Å². The maximum absolute atomic E-state index is 15.2. The number of anilines is 1. The molecule has 2 aliphatic rings. The summed E-state index contributed by atoms with van der Waals surface area (Å²) in [5.41, 5.74) is 2.85. The highest BCUT2D eigenvalue weighted by atomic mass is 19.1. The van der Waals surface area contributed by atoms with Gasteiger partial charge in [0.05, 0.1) is 18.4 Å². The molecule has 0 bridgehead atoms. The largest absolute Gasteiger partial charge is 0.480 e. The maximum Gasteiger partial charge on any atom is 0.326 e. The predicted octanol–water partition coefficient (Wildman–Crippen LogP) is 5.42. The van der Waals surface area contributed by atoms with E-state index in [0.29, 0.717) is 41.5 Å². The fourth-order valence-corrected chi connectivity index (χ4v) is 5.69. The van der Waals surface area contributed by atoms with Crippen LogP contribution in [0.15, 0.2) is 47.3 Å². The molecule has 9 nitrogen and oxygen atoms in total. The summed E-state index contributed by atoms with van der Waals surface area (Å²) in [5.74, 6) is -1.56. The lowest BCUT2D eigenvalue weighted by molar-refractivity contribution is -0.139. The van der Waals surface area contributed by atoms with Crippen LogP contribution in [0.4, 0.5) is 14.6 Å². The smallest absolute Gasteiger partial charge is 0.326 e. The average Bonchev–Trinajstić information content (AvgIpc) is 3.72. The van der Waals surface area contributed by atoms with E-state index in [1.165, 1.54) is 24.0 Å². The van der Waals surface area contributed by atoms with E-state index in [1.54, 1.807) is 28.9 Å². The van der Waals surface area contributed by atoms with E-state index in [9.17, 15) is 14.3 Å². The zero-order valence-electron chi connectivity index (χ0n) is 21.3. The van der Waals surface area contributed by atoms with Crippen molar-refractivity contribution in [3.63, 3.8) is 0 Å². The van der Waals surface area contributed by atoms with Gasteiger partial charge in [0, 0.05) is 18.2 Å². The average molecular weight is 535 g/mol. The molecule has 3 aromatic heterocycles. The first kappa shape index (κ1) is 25.1. The molecule has 2 fully saturated rings. The monoisotopic (exact) mass is 534 g/mol. The Balaban J connectivity index is 1.35. The van der Waals surface area contributed by atoms with E-state index in [4.69, 9.17) is 4.52 Å². The van der Waals surface area contributed by atoms with Gasteiger partial charge in [-0.2, -0.15) is 5.10 Å². The van der Waals surface area contributed by atoms with E-state index in [0.717, 1.165) is 37.4 Å². The van der Waals surface area contributed by atoms with E-state index < -0.39 is 17.8 Å². The Morgan fingerprint density at radius 3 is 2.59 bits per heavy atom. The summed E-state index contributed by atoms with van der Waals surface area (Å²) in [7, 11) is 0. The number of nitrogens with zero attached hydrogens (tertiary/aromatic N) is 6. The molecule has 1 saturated heterocycles. The first-order valence-corrected chi connectivity index (χ1v) is 13.3. The second-order valence-corrected chi connectivity index (χ2v) is 10.2. The van der Waals surface area contributed by atoms with Crippen LogP contribution in [0.25, 0.3) is 22.9 Å². The van der Waals surface area contributed by atoms with Crippen molar-refractivity contribution < 1.29 is 23.2 Å². The third kappa shape index (κ3) is 5.00. The lowest BCUT2D eigenvalue weighted by Crippen LogP contribution is -2.45. The number of carboxylic acid groups (broad SMARTS) is 1. The quantitative estimate of drug-likeness (QED) is 0.335. The fourth-order valence-electron chi connectivity index (χ4n) is 5.69. The van der Waals surface area contributed by atoms with Gasteiger partial charge < -0.3 is 14.5 Å². The lowest BCUT2D eigenvalue weighted by atomic mass is 9.96. The second-order valence-electron chi connectivity index (χ2n) is 10.2. The Labute approximate surface area is 223 Å². The number of benzene rings is 1. The maximum atomic E-state index is 15.2. The standard InChI is InChI=1S/C28H28F2N6O3/c29-20-13-18(17-5-1-2-6-17)8-9-19(20)16-36-25(22-10-12-39-34-22)14-23(33-36)26-31-15-21(30)27(32-26)35-11-4-3-7-24(35)28(37)38/h8-10,12-15,17,24H,1-7,11,16H2,(H,37,38)/t24-/m0/s1. The van der Waals surface area contributed by atoms with Crippen LogP contribution < -0.4 is 4.90 Å². The molecule has 0 spiro atoms. The SMILES string of the molecule is O=C(O)[C@@H]1CCCCN1c1nc(-c2cc(-c3ccon3)n(Cc3ccc(C4CCCC4)cc3F)n2)ncc1F. The molecule has 1 saturated carbocycles. The predicted molar refractivity (Wildman–Crippen MR) is 138 cm³/mol. The summed E-state index contributed by atoms with van der Waals surface area (Å²) in [6.07, 6.45) is 8.86. The molecule has 202 valence electrons. The number of halogens is 2. The Kier molecular flexibility index (Phi) is 6.80. The Bertz CT molecular complexity index is 1480. The van der Waals surface area contributed by atoms with E-state index >= 15 is 4.39 Å². The van der Waals surface area contributed by atoms with Crippen LogP contribution in [0.2, 0.25) is 0 Å². The number of carbonyl (C=O) groups is 1. The number of carboxylic acids is 1. The van der Waals surface area contributed by atoms with Crippen molar-refractivity contribution in [2.24, 2.45) is 0 Å². The van der Waals surface area contributed by atoms with Gasteiger partial charge in [0.2, 0.25) is 0 Å². The van der Waals surface area contributed by atoms with E-state index in [-0.39, 0.29) is 24.0 Å².